The summed E-state index contributed by atoms with van der Waals surface area (Å²) in [7, 11) is 1.76. The highest BCUT2D eigenvalue weighted by molar-refractivity contribution is 5.78. The van der Waals surface area contributed by atoms with Crippen LogP contribution in [0.2, 0.25) is 0 Å². The Bertz CT molecular complexity index is 502. The Kier molecular flexibility index (Phi) is 7.75. The third-order valence-electron chi connectivity index (χ3n) is 3.66. The number of amides is 1. The molecule has 5 nitrogen and oxygen atoms in total. The molecule has 0 aliphatic heterocycles. The summed E-state index contributed by atoms with van der Waals surface area (Å²) in [6.07, 6.45) is 0.866. The summed E-state index contributed by atoms with van der Waals surface area (Å²) < 4.78 is 0. The van der Waals surface area contributed by atoms with E-state index < -0.39 is 11.9 Å². The normalized spacial score (nSPS) is 13.8. The zero-order chi connectivity index (χ0) is 17.4. The fourth-order valence-electron chi connectivity index (χ4n) is 2.53. The molecule has 2 atom stereocenters. The molecule has 0 fully saturated rings. The summed E-state index contributed by atoms with van der Waals surface area (Å²) in [4.78, 5) is 24.9. The van der Waals surface area contributed by atoms with E-state index in [0.29, 0.717) is 12.5 Å². The smallest absolute Gasteiger partial charge is 0.307 e. The van der Waals surface area contributed by atoms with Gasteiger partial charge >= 0.3 is 5.97 Å². The first-order valence-corrected chi connectivity index (χ1v) is 8.05. The first-order chi connectivity index (χ1) is 10.8. The molecule has 128 valence electrons. The molecule has 0 aromatic heterocycles. The summed E-state index contributed by atoms with van der Waals surface area (Å²) >= 11 is 0. The molecular weight excluding hydrogens is 292 g/mol. The average Bonchev–Trinajstić information content (AvgIpc) is 2.46. The first-order valence-electron chi connectivity index (χ1n) is 8.05. The molecule has 1 rings (SSSR count). The van der Waals surface area contributed by atoms with Crippen LogP contribution < -0.4 is 5.32 Å². The lowest BCUT2D eigenvalue weighted by atomic mass is 9.97. The van der Waals surface area contributed by atoms with E-state index in [1.165, 1.54) is 0 Å². The minimum absolute atomic E-state index is 0.0194. The van der Waals surface area contributed by atoms with Crippen molar-refractivity contribution in [2.45, 2.75) is 33.2 Å². The monoisotopic (exact) mass is 320 g/mol. The van der Waals surface area contributed by atoms with E-state index in [9.17, 15) is 9.59 Å². The van der Waals surface area contributed by atoms with Crippen molar-refractivity contribution in [2.24, 2.45) is 11.8 Å². The lowest BCUT2D eigenvalue weighted by molar-refractivity contribution is -0.142. The van der Waals surface area contributed by atoms with E-state index in [0.717, 1.165) is 12.0 Å². The number of hydrogen-bond acceptors (Lipinski definition) is 3. The molecule has 5 heteroatoms. The highest BCUT2D eigenvalue weighted by Crippen LogP contribution is 2.20. The molecule has 23 heavy (non-hydrogen) atoms. The van der Waals surface area contributed by atoms with E-state index >= 15 is 0 Å². The van der Waals surface area contributed by atoms with Gasteiger partial charge in [0.05, 0.1) is 18.5 Å². The number of likely N-dealkylation sites (N-methyl/N-ethyl adjacent to an activating group) is 1. The minimum atomic E-state index is -0.848. The molecule has 2 N–H and O–H groups in total. The Hall–Kier alpha value is -1.88. The number of hydrogen-bond donors (Lipinski definition) is 2. The summed E-state index contributed by atoms with van der Waals surface area (Å²) in [6.45, 7) is 6.44. The van der Waals surface area contributed by atoms with E-state index in [-0.39, 0.29) is 18.5 Å². The topological polar surface area (TPSA) is 69.6 Å². The van der Waals surface area contributed by atoms with Gasteiger partial charge < -0.3 is 10.4 Å². The molecule has 0 spiro atoms. The van der Waals surface area contributed by atoms with Crippen LogP contribution in [0.15, 0.2) is 30.3 Å². The van der Waals surface area contributed by atoms with Crippen LogP contribution in [0.3, 0.4) is 0 Å². The van der Waals surface area contributed by atoms with Crippen molar-refractivity contribution in [3.8, 4) is 0 Å². The van der Waals surface area contributed by atoms with Gasteiger partial charge in [0.1, 0.15) is 0 Å². The number of nitrogens with one attached hydrogen (secondary N) is 1. The maximum Gasteiger partial charge on any atom is 0.307 e. The van der Waals surface area contributed by atoms with E-state index in [1.54, 1.807) is 18.9 Å². The number of benzene rings is 1. The van der Waals surface area contributed by atoms with Crippen molar-refractivity contribution in [3.05, 3.63) is 35.9 Å². The number of carboxylic acid groups (broad SMARTS) is 1. The van der Waals surface area contributed by atoms with Gasteiger partial charge in [0, 0.05) is 6.54 Å². The Morgan fingerprint density at radius 2 is 1.78 bits per heavy atom. The van der Waals surface area contributed by atoms with Gasteiger partial charge in [-0.3, -0.25) is 14.5 Å². The summed E-state index contributed by atoms with van der Waals surface area (Å²) in [5.41, 5.74) is 1.09. The first kappa shape index (κ1) is 19.2. The molecule has 0 saturated carbocycles. The SMILES string of the molecule is CC(C)CC(NC(=O)CN(C)CC(C)C(=O)O)c1ccccc1. The van der Waals surface area contributed by atoms with Gasteiger partial charge in [0.15, 0.2) is 0 Å². The van der Waals surface area contributed by atoms with Crippen LogP contribution >= 0.6 is 0 Å². The largest absolute Gasteiger partial charge is 0.481 e. The molecule has 0 bridgehead atoms. The molecule has 0 aliphatic carbocycles. The van der Waals surface area contributed by atoms with Crippen LogP contribution in [0, 0.1) is 11.8 Å². The fourth-order valence-corrected chi connectivity index (χ4v) is 2.53. The second kappa shape index (κ2) is 9.30. The highest BCUT2D eigenvalue weighted by atomic mass is 16.4. The second-order valence-corrected chi connectivity index (χ2v) is 6.60. The quantitative estimate of drug-likeness (QED) is 0.733. The molecule has 0 heterocycles. The standard InChI is InChI=1S/C18H28N2O3/c1-13(2)10-16(15-8-6-5-7-9-15)19-17(21)12-20(4)11-14(3)18(22)23/h5-9,13-14,16H,10-12H2,1-4H3,(H,19,21)(H,22,23). The molecule has 1 amide bonds. The van der Waals surface area contributed by atoms with Gasteiger partial charge in [-0.1, -0.05) is 51.1 Å². The van der Waals surface area contributed by atoms with E-state index in [4.69, 9.17) is 5.11 Å². The van der Waals surface area contributed by atoms with Gasteiger partial charge in [-0.05, 0) is 24.9 Å². The van der Waals surface area contributed by atoms with Crippen LogP contribution in [0.25, 0.3) is 0 Å². The van der Waals surface area contributed by atoms with Gasteiger partial charge in [-0.2, -0.15) is 0 Å². The summed E-state index contributed by atoms with van der Waals surface area (Å²) in [5.74, 6) is -0.961. The molecule has 1 aromatic rings. The molecule has 1 aromatic carbocycles. The molecule has 0 radical (unpaired) electrons. The highest BCUT2D eigenvalue weighted by Gasteiger charge is 2.19. The Balaban J connectivity index is 2.62. The Morgan fingerprint density at radius 1 is 1.17 bits per heavy atom. The van der Waals surface area contributed by atoms with E-state index in [2.05, 4.69) is 19.2 Å². The molecular formula is C18H28N2O3. The maximum absolute atomic E-state index is 12.3. The zero-order valence-corrected chi connectivity index (χ0v) is 14.5. The Morgan fingerprint density at radius 3 is 2.30 bits per heavy atom. The molecule has 2 unspecified atom stereocenters. The minimum Gasteiger partial charge on any atom is -0.481 e. The Labute approximate surface area is 138 Å². The van der Waals surface area contributed by atoms with Crippen molar-refractivity contribution in [3.63, 3.8) is 0 Å². The van der Waals surface area contributed by atoms with Crippen molar-refractivity contribution in [1.82, 2.24) is 10.2 Å². The van der Waals surface area contributed by atoms with Crippen LogP contribution in [0.4, 0.5) is 0 Å². The number of carboxylic acids is 1. The molecule has 0 saturated heterocycles. The van der Waals surface area contributed by atoms with Gasteiger partial charge in [-0.15, -0.1) is 0 Å². The van der Waals surface area contributed by atoms with Crippen LogP contribution in [-0.4, -0.2) is 42.0 Å². The van der Waals surface area contributed by atoms with Crippen LogP contribution in [0.1, 0.15) is 38.8 Å². The zero-order valence-electron chi connectivity index (χ0n) is 14.5. The number of nitrogens with zero attached hydrogens (tertiary/aromatic N) is 1. The van der Waals surface area contributed by atoms with Gasteiger partial charge in [0.25, 0.3) is 0 Å². The predicted octanol–water partition coefficient (Wildman–Crippen LogP) is 2.54. The van der Waals surface area contributed by atoms with Crippen molar-refractivity contribution >= 4 is 11.9 Å². The third-order valence-corrected chi connectivity index (χ3v) is 3.66. The number of carbonyl (C=O) groups excluding carboxylic acids is 1. The van der Waals surface area contributed by atoms with Crippen LogP contribution in [-0.2, 0) is 9.59 Å². The van der Waals surface area contributed by atoms with Crippen molar-refractivity contribution in [2.75, 3.05) is 20.1 Å². The van der Waals surface area contributed by atoms with Crippen LogP contribution in [0.5, 0.6) is 0 Å². The lowest BCUT2D eigenvalue weighted by Crippen LogP contribution is -2.40. The predicted molar refractivity (Wildman–Crippen MR) is 91.1 cm³/mol. The number of carbonyl (C=O) groups is 2. The van der Waals surface area contributed by atoms with Gasteiger partial charge in [-0.25, -0.2) is 0 Å². The average molecular weight is 320 g/mol. The van der Waals surface area contributed by atoms with Gasteiger partial charge in [0.2, 0.25) is 5.91 Å². The maximum atomic E-state index is 12.3. The van der Waals surface area contributed by atoms with E-state index in [1.807, 2.05) is 30.3 Å². The number of rotatable bonds is 9. The lowest BCUT2D eigenvalue weighted by Gasteiger charge is -2.24. The van der Waals surface area contributed by atoms with Crippen molar-refractivity contribution in [1.29, 1.82) is 0 Å². The second-order valence-electron chi connectivity index (χ2n) is 6.60. The summed E-state index contributed by atoms with van der Waals surface area (Å²) in [5, 5.41) is 12.0. The third kappa shape index (κ3) is 7.28. The fraction of sp³-hybridized carbons (Fsp3) is 0.556. The number of aliphatic carboxylic acids is 1. The molecule has 0 aliphatic rings. The summed E-state index contributed by atoms with van der Waals surface area (Å²) in [6, 6.07) is 9.91. The van der Waals surface area contributed by atoms with Crippen molar-refractivity contribution < 1.29 is 14.7 Å².